The van der Waals surface area contributed by atoms with Crippen molar-refractivity contribution in [3.8, 4) is 0 Å². The summed E-state index contributed by atoms with van der Waals surface area (Å²) in [7, 11) is 0. The van der Waals surface area contributed by atoms with Gasteiger partial charge in [-0.05, 0) is 205 Å². The van der Waals surface area contributed by atoms with Crippen LogP contribution in [0, 0.1) is 82.9 Å². The Morgan fingerprint density at radius 3 is 0.685 bits per heavy atom. The molecule has 0 aromatic heterocycles. The van der Waals surface area contributed by atoms with E-state index in [2.05, 4.69) is 40.1 Å². The van der Waals surface area contributed by atoms with Crippen LogP contribution in [0.2, 0.25) is 0 Å². The summed E-state index contributed by atoms with van der Waals surface area (Å²) in [5.41, 5.74) is 0. The lowest BCUT2D eigenvalue weighted by atomic mass is 9.81. The van der Waals surface area contributed by atoms with Crippen LogP contribution in [0.1, 0.15) is 429 Å². The van der Waals surface area contributed by atoms with Crippen LogP contribution in [0.5, 0.6) is 0 Å². The van der Waals surface area contributed by atoms with Crippen LogP contribution in [-0.4, -0.2) is 166 Å². The van der Waals surface area contributed by atoms with Crippen molar-refractivity contribution in [3.63, 3.8) is 0 Å². The number of carbonyl (C=O) groups excluding carboxylic acids is 9. The normalized spacial score (nSPS) is 22.8. The number of ether oxygens (including phenoxy) is 9. The average Bonchev–Trinajstić information content (AvgIpc) is 1.64. The minimum absolute atomic E-state index is 0.120. The molecule has 11 aliphatic carbocycles. The van der Waals surface area contributed by atoms with E-state index in [1.807, 2.05) is 0 Å². The summed E-state index contributed by atoms with van der Waals surface area (Å²) >= 11 is 0. The maximum Gasteiger partial charge on any atom is 0.376 e. The smallest absolute Gasteiger partial charge is 0.376 e. The van der Waals surface area contributed by atoms with Gasteiger partial charge in [-0.15, -0.1) is 0 Å². The Balaban J connectivity index is 0.000000414. The van der Waals surface area contributed by atoms with Crippen molar-refractivity contribution in [3.05, 3.63) is 0 Å². The van der Waals surface area contributed by atoms with E-state index in [1.54, 1.807) is 0 Å². The molecule has 0 aromatic carbocycles. The van der Waals surface area contributed by atoms with Crippen LogP contribution < -0.4 is 0 Å². The topological polar surface area (TPSA) is 237 Å². The lowest BCUT2D eigenvalue weighted by molar-refractivity contribution is -0.172. The van der Waals surface area contributed by atoms with Crippen molar-refractivity contribution in [1.82, 2.24) is 0 Å². The Morgan fingerprint density at radius 1 is 0.203 bits per heavy atom. The molecule has 0 N–H and O–H groups in total. The highest BCUT2D eigenvalue weighted by atomic mass is 19.3. The van der Waals surface area contributed by atoms with Gasteiger partial charge in [0.15, 0.2) is 0 Å². The summed E-state index contributed by atoms with van der Waals surface area (Å²) in [5, 5.41) is 0. The molecular weight excluding hydrogens is 1920 g/mol. The van der Waals surface area contributed by atoms with Crippen LogP contribution in [0.25, 0.3) is 0 Å². The summed E-state index contributed by atoms with van der Waals surface area (Å²) in [6, 6.07) is 0. The molecule has 36 heteroatoms. The van der Waals surface area contributed by atoms with Gasteiger partial charge in [-0.25, -0.2) is 43.2 Å². The monoisotopic (exact) mass is 2090 g/mol. The van der Waals surface area contributed by atoms with E-state index in [1.165, 1.54) is 212 Å². The molecule has 4 bridgehead atoms. The molecular formula is C107H174F18O18. The van der Waals surface area contributed by atoms with Crippen LogP contribution in [0.15, 0.2) is 0 Å². The lowest BCUT2D eigenvalue weighted by Crippen LogP contribution is -2.32. The van der Waals surface area contributed by atoms with Crippen molar-refractivity contribution >= 4 is 53.7 Å². The minimum Gasteiger partial charge on any atom is -0.461 e. The number of hydrogen-bond acceptors (Lipinski definition) is 18. The highest BCUT2D eigenvalue weighted by Gasteiger charge is 2.48. The first kappa shape index (κ1) is 131. The van der Waals surface area contributed by atoms with E-state index < -0.39 is 107 Å². The molecule has 836 valence electrons. The number of unbranched alkanes of at least 4 members (excludes halogenated alkanes) is 1. The molecule has 143 heavy (non-hydrogen) atoms. The number of hydrogen-bond donors (Lipinski definition) is 0. The molecule has 0 amide bonds. The number of halogens is 18. The van der Waals surface area contributed by atoms with Crippen molar-refractivity contribution in [1.29, 1.82) is 0 Å². The predicted molar refractivity (Wildman–Crippen MR) is 507 cm³/mol. The molecule has 7 unspecified atom stereocenters. The molecule has 11 rings (SSSR count). The predicted octanol–water partition coefficient (Wildman–Crippen LogP) is 30.3. The Labute approximate surface area is 839 Å². The van der Waals surface area contributed by atoms with Gasteiger partial charge in [0.25, 0.3) is 0 Å². The Bertz CT molecular complexity index is 3480. The summed E-state index contributed by atoms with van der Waals surface area (Å²) < 4.78 is 266. The molecule has 7 atom stereocenters. The quantitative estimate of drug-likeness (QED) is 0.0188. The fourth-order valence-electron chi connectivity index (χ4n) is 20.8. The van der Waals surface area contributed by atoms with Crippen LogP contribution in [0.3, 0.4) is 0 Å². The van der Waals surface area contributed by atoms with E-state index in [4.69, 9.17) is 9.47 Å². The van der Waals surface area contributed by atoms with Gasteiger partial charge in [0.1, 0.15) is 0 Å². The SMILES string of the molecule is CC(F)(F)C(=O)OCC1CC2CCC1C2.CC(F)(F)C(=O)OCC1CCCCC1.CC(F)(F)C(=O)OCC1CCCCCC1.CC(F)(F)C(=O)OCC1CCCCCCCCCCC1.CC(F)(F)C(=O)OCCC1CCCCC1.CC(F)(F)C(=O)OCCCC1CCCC1.CC(F)(F)C(=O)OCCCC1CCCCC1.CC(F)(F)C(=O)OCCCCC1CCCCC1.CC1C2CCC(C2)C1COC(=O)C(C)(F)F. The zero-order chi connectivity index (χ0) is 107. The molecule has 11 saturated carbocycles. The first-order chi connectivity index (χ1) is 66.9. The van der Waals surface area contributed by atoms with E-state index in [-0.39, 0.29) is 77.2 Å². The van der Waals surface area contributed by atoms with Gasteiger partial charge in [0.05, 0.1) is 59.5 Å². The third kappa shape index (κ3) is 60.4. The molecule has 0 spiro atoms. The second kappa shape index (κ2) is 67.9. The van der Waals surface area contributed by atoms with Crippen LogP contribution >= 0.6 is 0 Å². The van der Waals surface area contributed by atoms with Gasteiger partial charge in [0.2, 0.25) is 0 Å². The molecule has 0 aromatic rings. The van der Waals surface area contributed by atoms with Crippen molar-refractivity contribution in [2.24, 2.45) is 82.9 Å². The van der Waals surface area contributed by atoms with E-state index >= 15 is 0 Å². The van der Waals surface area contributed by atoms with Crippen LogP contribution in [0.4, 0.5) is 79.0 Å². The number of carbonyl (C=O) groups is 9. The fourth-order valence-corrected chi connectivity index (χ4v) is 20.8. The summed E-state index contributed by atoms with van der Waals surface area (Å²) in [4.78, 5) is 97.4. The molecule has 0 aliphatic heterocycles. The molecule has 11 aliphatic rings. The Morgan fingerprint density at radius 2 is 0.420 bits per heavy atom. The summed E-state index contributed by atoms with van der Waals surface area (Å²) in [6.07, 6.45) is 64.2. The molecule has 18 nitrogen and oxygen atoms in total. The number of rotatable bonds is 35. The first-order valence-corrected chi connectivity index (χ1v) is 53.8. The summed E-state index contributed by atoms with van der Waals surface area (Å²) in [6.45, 7) is 8.62. The first-order valence-electron chi connectivity index (χ1n) is 53.8. The molecule has 11 fully saturated rings. The van der Waals surface area contributed by atoms with E-state index in [9.17, 15) is 122 Å². The summed E-state index contributed by atoms with van der Waals surface area (Å²) in [5.74, 6) is -35.4. The van der Waals surface area contributed by atoms with Gasteiger partial charge < -0.3 is 42.6 Å². The number of alkyl halides is 18. The zero-order valence-electron chi connectivity index (χ0n) is 87.2. The molecule has 0 radical (unpaired) electrons. The van der Waals surface area contributed by atoms with Gasteiger partial charge in [-0.2, -0.15) is 79.0 Å². The largest absolute Gasteiger partial charge is 0.461 e. The molecule has 0 saturated heterocycles. The third-order valence-electron chi connectivity index (χ3n) is 29.4. The maximum absolute atomic E-state index is 12.8. The van der Waals surface area contributed by atoms with Gasteiger partial charge >= 0.3 is 107 Å². The van der Waals surface area contributed by atoms with E-state index in [0.29, 0.717) is 129 Å². The number of esters is 9. The third-order valence-corrected chi connectivity index (χ3v) is 29.4. The zero-order valence-corrected chi connectivity index (χ0v) is 87.2. The standard InChI is InChI=1S/C16H28F2O2.C13H22F2O2.C12H18F2O2.C12H20F2O2.C11H16F2O2.3C11H18F2O2.C10H16F2O2/c1-16(17,18)15(19)20-13-14-11-9-7-5-3-2-4-6-8-10-12-14;1-13(14,15)12(16)17-10-6-5-9-11-7-3-2-4-8-11;1-7-8-3-4-9(5-8)10(7)6-16-11(15)12(2,13)14;1-12(13,14)11(15)16-9-5-8-10-6-3-2-4-7-10;1-11(12,13)10(14)15-6-9-5-7-2-3-8(9)4-7;1-11(12,13)10(14)15-8-4-7-9-5-2-3-6-9;1-11(12,13)10(14)15-8-7-9-5-3-2-4-6-9;1-11(12,13)10(14)15-8-9-6-4-2-3-5-7-9;1-10(11,12)9(13)14-7-8-5-3-2-4-6-8/h14H,2-13H2,1H3;11H,2-10H2,1H3;7-10H,3-6H2,1-2H3;10H,2-9H2,1H3;7-9H,2-6H2,1H3;3*9H,2-8H2,1H3;8H,2-7H2,1H3. The highest BCUT2D eigenvalue weighted by molar-refractivity contribution is 5.80. The van der Waals surface area contributed by atoms with Crippen molar-refractivity contribution in [2.75, 3.05) is 59.5 Å². The maximum atomic E-state index is 12.8. The number of fused-ring (bicyclic) bond motifs is 4. The van der Waals surface area contributed by atoms with Crippen molar-refractivity contribution < 1.29 is 165 Å². The fraction of sp³-hybridized carbons (Fsp3) is 0.916. The average molecular weight is 2090 g/mol. The highest BCUT2D eigenvalue weighted by Crippen LogP contribution is 2.53. The minimum atomic E-state index is -3.37. The molecule has 0 heterocycles. The van der Waals surface area contributed by atoms with Crippen molar-refractivity contribution in [2.45, 2.75) is 482 Å². The van der Waals surface area contributed by atoms with Gasteiger partial charge in [-0.3, -0.25) is 0 Å². The van der Waals surface area contributed by atoms with Crippen LogP contribution in [-0.2, 0) is 85.8 Å². The second-order valence-corrected chi connectivity index (χ2v) is 43.0. The Hall–Kier alpha value is -6.03. The second-order valence-electron chi connectivity index (χ2n) is 43.0. The van der Waals surface area contributed by atoms with Gasteiger partial charge in [-0.1, -0.05) is 244 Å². The van der Waals surface area contributed by atoms with E-state index in [0.717, 1.165) is 146 Å². The lowest BCUT2D eigenvalue weighted by Gasteiger charge is -2.28. The van der Waals surface area contributed by atoms with Gasteiger partial charge in [0, 0.05) is 62.3 Å². The Kier molecular flexibility index (Phi) is 62.3.